The molecule has 0 bridgehead atoms. The van der Waals surface area contributed by atoms with Crippen LogP contribution in [0.1, 0.15) is 13.3 Å². The smallest absolute Gasteiger partial charge is 0.0615 e. The molecule has 5 heteroatoms. The van der Waals surface area contributed by atoms with Crippen LogP contribution in [-0.2, 0) is 9.47 Å². The Kier molecular flexibility index (Phi) is 9.86. The van der Waals surface area contributed by atoms with Gasteiger partial charge in [0.25, 0.3) is 0 Å². The molecule has 0 saturated heterocycles. The van der Waals surface area contributed by atoms with Crippen molar-refractivity contribution in [2.24, 2.45) is 5.73 Å². The van der Waals surface area contributed by atoms with Crippen molar-refractivity contribution in [3.8, 4) is 0 Å². The van der Waals surface area contributed by atoms with Gasteiger partial charge in [0.15, 0.2) is 0 Å². The van der Waals surface area contributed by atoms with Crippen LogP contribution in [-0.4, -0.2) is 69.2 Å². The summed E-state index contributed by atoms with van der Waals surface area (Å²) < 4.78 is 10.2. The summed E-state index contributed by atoms with van der Waals surface area (Å²) in [6.45, 7) is 5.19. The summed E-state index contributed by atoms with van der Waals surface area (Å²) in [5.74, 6) is 0. The first-order valence-electron chi connectivity index (χ1n) is 5.74. The Morgan fingerprint density at radius 3 is 2.50 bits per heavy atom. The maximum Gasteiger partial charge on any atom is 0.0615 e. The standard InChI is InChI=1S/C11H26N2O3/c1-10(9-16-3)13(5-7-15-2)8-11(12)4-6-14/h10-11,14H,4-9,12H2,1-3H3. The molecule has 0 amide bonds. The highest BCUT2D eigenvalue weighted by Crippen LogP contribution is 2.02. The van der Waals surface area contributed by atoms with Crippen molar-refractivity contribution in [2.75, 3.05) is 47.1 Å². The Bertz CT molecular complexity index is 158. The lowest BCUT2D eigenvalue weighted by molar-refractivity contribution is 0.0695. The van der Waals surface area contributed by atoms with E-state index < -0.39 is 0 Å². The monoisotopic (exact) mass is 234 g/mol. The van der Waals surface area contributed by atoms with Crippen LogP contribution in [0, 0.1) is 0 Å². The van der Waals surface area contributed by atoms with E-state index in [4.69, 9.17) is 20.3 Å². The number of hydrogen-bond acceptors (Lipinski definition) is 5. The van der Waals surface area contributed by atoms with Crippen molar-refractivity contribution < 1.29 is 14.6 Å². The summed E-state index contributed by atoms with van der Waals surface area (Å²) in [5, 5.41) is 8.82. The Balaban J connectivity index is 4.07. The second-order valence-corrected chi connectivity index (χ2v) is 4.06. The third-order valence-electron chi connectivity index (χ3n) is 2.58. The zero-order valence-electron chi connectivity index (χ0n) is 10.7. The van der Waals surface area contributed by atoms with Gasteiger partial charge in [-0.3, -0.25) is 4.90 Å². The van der Waals surface area contributed by atoms with Crippen molar-refractivity contribution in [3.05, 3.63) is 0 Å². The highest BCUT2D eigenvalue weighted by molar-refractivity contribution is 4.73. The predicted octanol–water partition coefficient (Wildman–Crippen LogP) is -0.321. The Hall–Kier alpha value is -0.200. The third kappa shape index (κ3) is 7.14. The van der Waals surface area contributed by atoms with E-state index in [0.29, 0.717) is 25.7 Å². The second-order valence-electron chi connectivity index (χ2n) is 4.06. The van der Waals surface area contributed by atoms with E-state index in [-0.39, 0.29) is 12.6 Å². The van der Waals surface area contributed by atoms with Crippen molar-refractivity contribution in [1.29, 1.82) is 0 Å². The molecule has 0 rings (SSSR count). The van der Waals surface area contributed by atoms with E-state index >= 15 is 0 Å². The zero-order chi connectivity index (χ0) is 12.4. The number of nitrogens with two attached hydrogens (primary N) is 1. The molecule has 0 aromatic carbocycles. The van der Waals surface area contributed by atoms with Gasteiger partial charge in [0.05, 0.1) is 13.2 Å². The van der Waals surface area contributed by atoms with Gasteiger partial charge in [-0.05, 0) is 13.3 Å². The number of aliphatic hydroxyl groups excluding tert-OH is 1. The van der Waals surface area contributed by atoms with Gasteiger partial charge in [0.2, 0.25) is 0 Å². The fraction of sp³-hybridized carbons (Fsp3) is 1.00. The first-order chi connectivity index (χ1) is 7.65. The molecule has 0 saturated carbocycles. The van der Waals surface area contributed by atoms with E-state index in [0.717, 1.165) is 13.1 Å². The van der Waals surface area contributed by atoms with Crippen LogP contribution in [0.5, 0.6) is 0 Å². The molecule has 5 nitrogen and oxygen atoms in total. The predicted molar refractivity (Wildman–Crippen MR) is 64.5 cm³/mol. The van der Waals surface area contributed by atoms with Crippen molar-refractivity contribution in [3.63, 3.8) is 0 Å². The molecule has 2 unspecified atom stereocenters. The lowest BCUT2D eigenvalue weighted by Gasteiger charge is -2.30. The minimum atomic E-state index is 0.00108. The molecule has 0 spiro atoms. The van der Waals surface area contributed by atoms with Gasteiger partial charge >= 0.3 is 0 Å². The zero-order valence-corrected chi connectivity index (χ0v) is 10.7. The molecule has 0 aromatic heterocycles. The summed E-state index contributed by atoms with van der Waals surface area (Å²) in [4.78, 5) is 2.23. The first-order valence-corrected chi connectivity index (χ1v) is 5.74. The van der Waals surface area contributed by atoms with Crippen molar-refractivity contribution >= 4 is 0 Å². The highest BCUT2D eigenvalue weighted by Gasteiger charge is 2.16. The number of ether oxygens (including phenoxy) is 2. The molecule has 98 valence electrons. The fourth-order valence-electron chi connectivity index (χ4n) is 1.61. The van der Waals surface area contributed by atoms with Crippen LogP contribution in [0.4, 0.5) is 0 Å². The van der Waals surface area contributed by atoms with E-state index in [1.807, 2.05) is 0 Å². The number of hydrogen-bond donors (Lipinski definition) is 2. The summed E-state index contributed by atoms with van der Waals surface area (Å²) in [5.41, 5.74) is 5.91. The highest BCUT2D eigenvalue weighted by atomic mass is 16.5. The summed E-state index contributed by atoms with van der Waals surface area (Å²) in [6, 6.07) is 0.311. The second kappa shape index (κ2) is 9.99. The molecule has 0 aliphatic rings. The normalized spacial score (nSPS) is 15.4. The van der Waals surface area contributed by atoms with Crippen LogP contribution in [0.15, 0.2) is 0 Å². The number of aliphatic hydroxyl groups is 1. The van der Waals surface area contributed by atoms with E-state index in [1.54, 1.807) is 14.2 Å². The average molecular weight is 234 g/mol. The van der Waals surface area contributed by atoms with Gasteiger partial charge in [-0.15, -0.1) is 0 Å². The van der Waals surface area contributed by atoms with Crippen molar-refractivity contribution in [2.45, 2.75) is 25.4 Å². The van der Waals surface area contributed by atoms with Crippen LogP contribution in [0.2, 0.25) is 0 Å². The Labute approximate surface area is 98.5 Å². The largest absolute Gasteiger partial charge is 0.396 e. The van der Waals surface area contributed by atoms with Gasteiger partial charge in [0, 0.05) is 46.0 Å². The average Bonchev–Trinajstić information content (AvgIpc) is 2.24. The van der Waals surface area contributed by atoms with Crippen molar-refractivity contribution in [1.82, 2.24) is 4.90 Å². The minimum absolute atomic E-state index is 0.00108. The fourth-order valence-corrected chi connectivity index (χ4v) is 1.61. The lowest BCUT2D eigenvalue weighted by Crippen LogP contribution is -2.45. The van der Waals surface area contributed by atoms with Crippen LogP contribution in [0.25, 0.3) is 0 Å². The van der Waals surface area contributed by atoms with Gasteiger partial charge < -0.3 is 20.3 Å². The Morgan fingerprint density at radius 1 is 1.31 bits per heavy atom. The van der Waals surface area contributed by atoms with E-state index in [2.05, 4.69) is 11.8 Å². The molecule has 0 aliphatic heterocycles. The molecular weight excluding hydrogens is 208 g/mol. The van der Waals surface area contributed by atoms with Gasteiger partial charge in [0.1, 0.15) is 0 Å². The molecule has 2 atom stereocenters. The molecular formula is C11H26N2O3. The summed E-state index contributed by atoms with van der Waals surface area (Å²) in [6.07, 6.45) is 0.628. The minimum Gasteiger partial charge on any atom is -0.396 e. The maximum atomic E-state index is 8.82. The summed E-state index contributed by atoms with van der Waals surface area (Å²) >= 11 is 0. The molecule has 16 heavy (non-hydrogen) atoms. The topological polar surface area (TPSA) is 68.0 Å². The number of nitrogens with zero attached hydrogens (tertiary/aromatic N) is 1. The number of rotatable bonds is 10. The number of methoxy groups -OCH3 is 2. The quantitative estimate of drug-likeness (QED) is 0.542. The van der Waals surface area contributed by atoms with Crippen LogP contribution < -0.4 is 5.73 Å². The van der Waals surface area contributed by atoms with Gasteiger partial charge in [-0.1, -0.05) is 0 Å². The molecule has 0 aromatic rings. The van der Waals surface area contributed by atoms with E-state index in [1.165, 1.54) is 0 Å². The van der Waals surface area contributed by atoms with Crippen LogP contribution >= 0.6 is 0 Å². The van der Waals surface area contributed by atoms with Crippen LogP contribution in [0.3, 0.4) is 0 Å². The maximum absolute atomic E-state index is 8.82. The van der Waals surface area contributed by atoms with E-state index in [9.17, 15) is 0 Å². The molecule has 0 radical (unpaired) electrons. The summed E-state index contributed by atoms with van der Waals surface area (Å²) in [7, 11) is 3.38. The molecule has 0 heterocycles. The van der Waals surface area contributed by atoms with Gasteiger partial charge in [-0.25, -0.2) is 0 Å². The molecule has 0 fully saturated rings. The molecule has 0 aliphatic carbocycles. The SMILES string of the molecule is COCCN(CC(N)CCO)C(C)COC. The first kappa shape index (κ1) is 15.8. The molecule has 3 N–H and O–H groups in total. The lowest BCUT2D eigenvalue weighted by atomic mass is 10.2. The Morgan fingerprint density at radius 2 is 2.00 bits per heavy atom. The third-order valence-corrected chi connectivity index (χ3v) is 2.58. The van der Waals surface area contributed by atoms with Gasteiger partial charge in [-0.2, -0.15) is 0 Å².